The molecule has 2 aromatic heterocycles. The maximum absolute atomic E-state index is 12.4. The van der Waals surface area contributed by atoms with Crippen LogP contribution < -0.4 is 5.73 Å². The van der Waals surface area contributed by atoms with Crippen LogP contribution in [-0.2, 0) is 0 Å². The molecule has 0 unspecified atom stereocenters. The smallest absolute Gasteiger partial charge is 0.255 e. The molecule has 1 atom stereocenters. The van der Waals surface area contributed by atoms with Crippen molar-refractivity contribution in [1.29, 1.82) is 0 Å². The summed E-state index contributed by atoms with van der Waals surface area (Å²) < 4.78 is 0. The minimum absolute atomic E-state index is 0. The van der Waals surface area contributed by atoms with Gasteiger partial charge < -0.3 is 10.6 Å². The summed E-state index contributed by atoms with van der Waals surface area (Å²) in [5.74, 6) is 0.0415. The SMILES string of the molecule is Cc1nc(-c2ccsc2)ccc1C(=O)N1CC[C@@H](N)C1.Cl.Cl. The molecular formula is C15H19Cl2N3OS. The van der Waals surface area contributed by atoms with E-state index in [1.54, 1.807) is 11.3 Å². The number of hydrogen-bond acceptors (Lipinski definition) is 4. The lowest BCUT2D eigenvalue weighted by molar-refractivity contribution is 0.0789. The highest BCUT2D eigenvalue weighted by molar-refractivity contribution is 7.08. The molecule has 3 rings (SSSR count). The molecule has 0 aliphatic carbocycles. The second kappa shape index (κ2) is 7.92. The van der Waals surface area contributed by atoms with Crippen LogP contribution in [0.1, 0.15) is 22.5 Å². The Morgan fingerprint density at radius 3 is 2.68 bits per heavy atom. The van der Waals surface area contributed by atoms with Gasteiger partial charge in [0.05, 0.1) is 17.0 Å². The fourth-order valence-corrected chi connectivity index (χ4v) is 3.15. The first-order valence-corrected chi connectivity index (χ1v) is 7.64. The zero-order valence-corrected chi connectivity index (χ0v) is 14.6. The second-order valence-corrected chi connectivity index (χ2v) is 5.92. The second-order valence-electron chi connectivity index (χ2n) is 5.14. The lowest BCUT2D eigenvalue weighted by Crippen LogP contribution is -2.32. The van der Waals surface area contributed by atoms with Crippen molar-refractivity contribution >= 4 is 42.1 Å². The molecule has 1 saturated heterocycles. The Balaban J connectivity index is 0.00000121. The van der Waals surface area contributed by atoms with Crippen LogP contribution >= 0.6 is 36.2 Å². The minimum Gasteiger partial charge on any atom is -0.337 e. The molecule has 1 aliphatic rings. The van der Waals surface area contributed by atoms with Crippen molar-refractivity contribution in [1.82, 2.24) is 9.88 Å². The largest absolute Gasteiger partial charge is 0.337 e. The monoisotopic (exact) mass is 359 g/mol. The van der Waals surface area contributed by atoms with Crippen LogP contribution in [0.4, 0.5) is 0 Å². The molecule has 0 saturated carbocycles. The van der Waals surface area contributed by atoms with Crippen molar-refractivity contribution in [3.8, 4) is 11.3 Å². The Kier molecular flexibility index (Phi) is 6.81. The number of likely N-dealkylation sites (tertiary alicyclic amines) is 1. The van der Waals surface area contributed by atoms with E-state index in [1.807, 2.05) is 35.4 Å². The number of thiophene rings is 1. The quantitative estimate of drug-likeness (QED) is 0.895. The van der Waals surface area contributed by atoms with Crippen LogP contribution in [0.25, 0.3) is 11.3 Å². The molecule has 2 aromatic rings. The Bertz CT molecular complexity index is 634. The minimum atomic E-state index is 0. The summed E-state index contributed by atoms with van der Waals surface area (Å²) in [7, 11) is 0. The molecular weight excluding hydrogens is 341 g/mol. The molecule has 0 aromatic carbocycles. The van der Waals surface area contributed by atoms with E-state index in [0.717, 1.165) is 29.9 Å². The fourth-order valence-electron chi connectivity index (χ4n) is 2.50. The summed E-state index contributed by atoms with van der Waals surface area (Å²) in [5, 5.41) is 4.08. The number of halogens is 2. The first-order valence-electron chi connectivity index (χ1n) is 6.70. The van der Waals surface area contributed by atoms with Gasteiger partial charge in [-0.05, 0) is 36.9 Å². The molecule has 0 bridgehead atoms. The summed E-state index contributed by atoms with van der Waals surface area (Å²) in [6.45, 7) is 3.27. The Morgan fingerprint density at radius 1 is 1.36 bits per heavy atom. The normalized spacial score (nSPS) is 16.8. The molecule has 1 aliphatic heterocycles. The van der Waals surface area contributed by atoms with Gasteiger partial charge in [0.15, 0.2) is 0 Å². The molecule has 2 N–H and O–H groups in total. The average Bonchev–Trinajstić information content (AvgIpc) is 3.09. The summed E-state index contributed by atoms with van der Waals surface area (Å²) in [4.78, 5) is 18.8. The maximum Gasteiger partial charge on any atom is 0.255 e. The van der Waals surface area contributed by atoms with E-state index in [0.29, 0.717) is 12.1 Å². The van der Waals surface area contributed by atoms with E-state index in [-0.39, 0.29) is 36.8 Å². The number of pyridine rings is 1. The first-order chi connectivity index (χ1) is 9.65. The van der Waals surface area contributed by atoms with Crippen molar-refractivity contribution in [2.45, 2.75) is 19.4 Å². The van der Waals surface area contributed by atoms with Gasteiger partial charge in [-0.25, -0.2) is 0 Å². The van der Waals surface area contributed by atoms with Gasteiger partial charge in [-0.1, -0.05) is 0 Å². The van der Waals surface area contributed by atoms with Crippen LogP contribution in [-0.4, -0.2) is 34.9 Å². The molecule has 120 valence electrons. The Morgan fingerprint density at radius 2 is 2.14 bits per heavy atom. The maximum atomic E-state index is 12.4. The lowest BCUT2D eigenvalue weighted by atomic mass is 10.1. The van der Waals surface area contributed by atoms with Gasteiger partial charge in [0.2, 0.25) is 0 Å². The van der Waals surface area contributed by atoms with Gasteiger partial charge in [0.1, 0.15) is 0 Å². The van der Waals surface area contributed by atoms with E-state index < -0.39 is 0 Å². The Hall–Kier alpha value is -1.14. The number of aromatic nitrogens is 1. The van der Waals surface area contributed by atoms with Crippen LogP contribution in [0, 0.1) is 6.92 Å². The van der Waals surface area contributed by atoms with Gasteiger partial charge in [0.25, 0.3) is 5.91 Å². The van der Waals surface area contributed by atoms with Gasteiger partial charge >= 0.3 is 0 Å². The van der Waals surface area contributed by atoms with Crippen LogP contribution in [0.2, 0.25) is 0 Å². The van der Waals surface area contributed by atoms with Gasteiger partial charge in [-0.2, -0.15) is 11.3 Å². The third-order valence-electron chi connectivity index (χ3n) is 3.65. The zero-order chi connectivity index (χ0) is 14.1. The summed E-state index contributed by atoms with van der Waals surface area (Å²) >= 11 is 1.64. The highest BCUT2D eigenvalue weighted by Gasteiger charge is 2.25. The van der Waals surface area contributed by atoms with Crippen molar-refractivity contribution in [2.24, 2.45) is 5.73 Å². The standard InChI is InChI=1S/C15H17N3OS.2ClH/c1-10-13(15(19)18-6-4-12(16)8-18)2-3-14(17-10)11-5-7-20-9-11;;/h2-3,5,7,9,12H,4,6,8,16H2,1H3;2*1H/t12-;;/m1../s1. The molecule has 22 heavy (non-hydrogen) atoms. The number of rotatable bonds is 2. The fraction of sp³-hybridized carbons (Fsp3) is 0.333. The third-order valence-corrected chi connectivity index (χ3v) is 4.33. The highest BCUT2D eigenvalue weighted by atomic mass is 35.5. The van der Waals surface area contributed by atoms with Crippen molar-refractivity contribution in [3.63, 3.8) is 0 Å². The number of nitrogens with zero attached hydrogens (tertiary/aromatic N) is 2. The van der Waals surface area contributed by atoms with Crippen molar-refractivity contribution < 1.29 is 4.79 Å². The summed E-state index contributed by atoms with van der Waals surface area (Å²) in [6.07, 6.45) is 0.880. The van der Waals surface area contributed by atoms with E-state index in [9.17, 15) is 4.79 Å². The van der Waals surface area contributed by atoms with Crippen LogP contribution in [0.5, 0.6) is 0 Å². The van der Waals surface area contributed by atoms with E-state index >= 15 is 0 Å². The average molecular weight is 360 g/mol. The summed E-state index contributed by atoms with van der Waals surface area (Å²) in [6, 6.07) is 5.94. The predicted octanol–water partition coefficient (Wildman–Crippen LogP) is 3.14. The molecule has 4 nitrogen and oxygen atoms in total. The third kappa shape index (κ3) is 3.79. The first kappa shape index (κ1) is 18.9. The molecule has 0 spiro atoms. The Labute approximate surface area is 146 Å². The van der Waals surface area contributed by atoms with Crippen molar-refractivity contribution in [2.75, 3.05) is 13.1 Å². The predicted molar refractivity (Wildman–Crippen MR) is 95.3 cm³/mol. The topological polar surface area (TPSA) is 59.2 Å². The number of carbonyl (C=O) groups excluding carboxylic acids is 1. The van der Waals surface area contributed by atoms with Gasteiger partial charge in [-0.3, -0.25) is 9.78 Å². The number of amides is 1. The number of carbonyl (C=O) groups is 1. The number of hydrogen-bond donors (Lipinski definition) is 1. The van der Waals surface area contributed by atoms with Crippen LogP contribution in [0.3, 0.4) is 0 Å². The van der Waals surface area contributed by atoms with Crippen molar-refractivity contribution in [3.05, 3.63) is 40.2 Å². The lowest BCUT2D eigenvalue weighted by Gasteiger charge is -2.17. The highest BCUT2D eigenvalue weighted by Crippen LogP contribution is 2.22. The molecule has 7 heteroatoms. The van der Waals surface area contributed by atoms with E-state index in [2.05, 4.69) is 10.4 Å². The van der Waals surface area contributed by atoms with Crippen LogP contribution in [0.15, 0.2) is 29.0 Å². The number of nitrogens with two attached hydrogens (primary N) is 1. The van der Waals surface area contributed by atoms with Gasteiger partial charge in [0, 0.05) is 30.1 Å². The van der Waals surface area contributed by atoms with E-state index in [4.69, 9.17) is 5.73 Å². The van der Waals surface area contributed by atoms with Gasteiger partial charge in [-0.15, -0.1) is 24.8 Å². The summed E-state index contributed by atoms with van der Waals surface area (Å²) in [5.41, 5.74) is 9.33. The van der Waals surface area contributed by atoms with E-state index in [1.165, 1.54) is 0 Å². The molecule has 3 heterocycles. The number of aryl methyl sites for hydroxylation is 1. The molecule has 1 fully saturated rings. The zero-order valence-electron chi connectivity index (χ0n) is 12.2. The molecule has 0 radical (unpaired) electrons. The molecule has 1 amide bonds.